The summed E-state index contributed by atoms with van der Waals surface area (Å²) in [7, 11) is 0. The predicted octanol–water partition coefficient (Wildman–Crippen LogP) is 4.31. The van der Waals surface area contributed by atoms with Gasteiger partial charge in [0.2, 0.25) is 0 Å². The minimum Gasteiger partial charge on any atom is -0.302 e. The highest BCUT2D eigenvalue weighted by molar-refractivity contribution is 5.28. The van der Waals surface area contributed by atoms with Gasteiger partial charge in [0.1, 0.15) is 6.04 Å². The Morgan fingerprint density at radius 2 is 1.74 bits per heavy atom. The van der Waals surface area contributed by atoms with E-state index >= 15 is 0 Å². The number of nitrogens with one attached hydrogen (secondary N) is 1. The van der Waals surface area contributed by atoms with Gasteiger partial charge in [-0.1, -0.05) is 19.1 Å². The fourth-order valence-corrected chi connectivity index (χ4v) is 1.61. The fraction of sp³-hybridized carbons (Fsp3) is 0.500. The smallest absolute Gasteiger partial charge is 0.302 e. The summed E-state index contributed by atoms with van der Waals surface area (Å²) in [5.41, 5.74) is -1.52. The molecule has 19 heavy (non-hydrogen) atoms. The fourth-order valence-electron chi connectivity index (χ4n) is 1.61. The van der Waals surface area contributed by atoms with E-state index in [2.05, 4.69) is 5.32 Å². The first-order valence-corrected chi connectivity index (χ1v) is 5.63. The molecule has 1 aromatic rings. The molecular weight excluding hydrogens is 272 g/mol. The molecule has 1 N–H and O–H groups in total. The van der Waals surface area contributed by atoms with E-state index in [1.54, 1.807) is 6.92 Å². The van der Waals surface area contributed by atoms with Crippen molar-refractivity contribution in [1.82, 2.24) is 5.32 Å². The van der Waals surface area contributed by atoms with E-state index in [1.807, 2.05) is 0 Å². The van der Waals surface area contributed by atoms with E-state index in [1.165, 1.54) is 0 Å². The summed E-state index contributed by atoms with van der Waals surface area (Å²) >= 11 is 0. The van der Waals surface area contributed by atoms with Gasteiger partial charge in [0.25, 0.3) is 0 Å². The monoisotopic (exact) mass is 285 g/mol. The van der Waals surface area contributed by atoms with Crippen molar-refractivity contribution < 1.29 is 26.3 Å². The number of hydrogen-bond acceptors (Lipinski definition) is 1. The van der Waals surface area contributed by atoms with Gasteiger partial charge in [-0.2, -0.15) is 26.3 Å². The molecule has 1 nitrogen and oxygen atoms in total. The van der Waals surface area contributed by atoms with Crippen LogP contribution in [0.1, 0.15) is 30.5 Å². The van der Waals surface area contributed by atoms with Crippen LogP contribution in [0.4, 0.5) is 26.3 Å². The molecule has 0 saturated heterocycles. The first-order chi connectivity index (χ1) is 8.66. The third-order valence-electron chi connectivity index (χ3n) is 2.47. The van der Waals surface area contributed by atoms with E-state index < -0.39 is 29.5 Å². The molecule has 0 aliphatic heterocycles. The number of halogens is 6. The highest BCUT2D eigenvalue weighted by Crippen LogP contribution is 2.36. The molecule has 0 saturated carbocycles. The summed E-state index contributed by atoms with van der Waals surface area (Å²) in [6.07, 6.45) is -8.85. The average Bonchev–Trinajstić information content (AvgIpc) is 2.27. The van der Waals surface area contributed by atoms with Crippen LogP contribution in [0.2, 0.25) is 0 Å². The zero-order chi connectivity index (χ0) is 14.7. The Kier molecular flexibility index (Phi) is 4.84. The second kappa shape index (κ2) is 5.81. The van der Waals surface area contributed by atoms with Gasteiger partial charge in [-0.3, -0.25) is 0 Å². The van der Waals surface area contributed by atoms with Gasteiger partial charge in [0.15, 0.2) is 0 Å². The molecule has 0 aliphatic carbocycles. The molecule has 7 heteroatoms. The summed E-state index contributed by atoms with van der Waals surface area (Å²) < 4.78 is 75.9. The molecule has 1 rings (SSSR count). The Labute approximate surface area is 106 Å². The molecule has 1 atom stereocenters. The average molecular weight is 285 g/mol. The van der Waals surface area contributed by atoms with Crippen molar-refractivity contribution in [2.24, 2.45) is 0 Å². The lowest BCUT2D eigenvalue weighted by Gasteiger charge is -2.22. The lowest BCUT2D eigenvalue weighted by atomic mass is 10.0. The maximum Gasteiger partial charge on any atom is 0.416 e. The molecule has 0 aromatic heterocycles. The summed E-state index contributed by atoms with van der Waals surface area (Å²) in [5.74, 6) is 0. The van der Waals surface area contributed by atoms with Crippen LogP contribution in [0.3, 0.4) is 0 Å². The minimum atomic E-state index is -4.66. The lowest BCUT2D eigenvalue weighted by Crippen LogP contribution is -2.34. The lowest BCUT2D eigenvalue weighted by molar-refractivity contribution is -0.158. The Bertz CT molecular complexity index is 409. The number of benzene rings is 1. The standard InChI is InChI=1S/C12H13F6N/c1-2-6-19-10(12(16,17)18)8-4-3-5-9(7-8)11(13,14)15/h3-5,7,10,19H,2,6H2,1H3. The molecule has 108 valence electrons. The van der Waals surface area contributed by atoms with E-state index in [9.17, 15) is 26.3 Å². The quantitative estimate of drug-likeness (QED) is 0.813. The van der Waals surface area contributed by atoms with Crippen molar-refractivity contribution in [3.8, 4) is 0 Å². The maximum atomic E-state index is 12.8. The number of hydrogen-bond donors (Lipinski definition) is 1. The molecule has 0 fully saturated rings. The number of alkyl halides is 6. The molecule has 0 heterocycles. The van der Waals surface area contributed by atoms with E-state index in [-0.39, 0.29) is 6.54 Å². The topological polar surface area (TPSA) is 12.0 Å². The van der Waals surface area contributed by atoms with E-state index in [0.717, 1.165) is 18.2 Å². The van der Waals surface area contributed by atoms with Crippen LogP contribution < -0.4 is 5.32 Å². The Morgan fingerprint density at radius 3 is 2.21 bits per heavy atom. The van der Waals surface area contributed by atoms with Gasteiger partial charge < -0.3 is 5.32 Å². The van der Waals surface area contributed by atoms with Crippen molar-refractivity contribution >= 4 is 0 Å². The second-order valence-corrected chi connectivity index (χ2v) is 4.05. The van der Waals surface area contributed by atoms with Gasteiger partial charge in [0.05, 0.1) is 5.56 Å². The molecule has 0 spiro atoms. The van der Waals surface area contributed by atoms with Crippen LogP contribution >= 0.6 is 0 Å². The van der Waals surface area contributed by atoms with E-state index in [4.69, 9.17) is 0 Å². The van der Waals surface area contributed by atoms with Crippen LogP contribution in [-0.2, 0) is 6.18 Å². The highest BCUT2D eigenvalue weighted by Gasteiger charge is 2.41. The van der Waals surface area contributed by atoms with Crippen LogP contribution in [0.5, 0.6) is 0 Å². The molecule has 0 radical (unpaired) electrons. The highest BCUT2D eigenvalue weighted by atomic mass is 19.4. The largest absolute Gasteiger partial charge is 0.416 e. The van der Waals surface area contributed by atoms with Gasteiger partial charge >= 0.3 is 12.4 Å². The second-order valence-electron chi connectivity index (χ2n) is 4.05. The normalized spacial score (nSPS) is 14.5. The molecule has 0 amide bonds. The summed E-state index contributed by atoms with van der Waals surface area (Å²) in [4.78, 5) is 0. The molecule has 0 bridgehead atoms. The predicted molar refractivity (Wildman–Crippen MR) is 58.5 cm³/mol. The first kappa shape index (κ1) is 15.8. The molecule has 1 unspecified atom stereocenters. The van der Waals surface area contributed by atoms with Crippen LogP contribution in [0.15, 0.2) is 24.3 Å². The molecule has 1 aromatic carbocycles. The van der Waals surface area contributed by atoms with Crippen LogP contribution in [-0.4, -0.2) is 12.7 Å². The van der Waals surface area contributed by atoms with Crippen molar-refractivity contribution in [1.29, 1.82) is 0 Å². The Morgan fingerprint density at radius 1 is 1.11 bits per heavy atom. The first-order valence-electron chi connectivity index (χ1n) is 5.63. The zero-order valence-electron chi connectivity index (χ0n) is 10.1. The zero-order valence-corrected chi connectivity index (χ0v) is 10.1. The van der Waals surface area contributed by atoms with Crippen LogP contribution in [0, 0.1) is 0 Å². The van der Waals surface area contributed by atoms with Gasteiger partial charge in [-0.05, 0) is 30.7 Å². The number of rotatable bonds is 4. The van der Waals surface area contributed by atoms with Gasteiger partial charge in [0, 0.05) is 0 Å². The van der Waals surface area contributed by atoms with Crippen molar-refractivity contribution in [2.75, 3.05) is 6.54 Å². The van der Waals surface area contributed by atoms with Gasteiger partial charge in [-0.25, -0.2) is 0 Å². The van der Waals surface area contributed by atoms with Crippen molar-refractivity contribution in [3.63, 3.8) is 0 Å². The van der Waals surface area contributed by atoms with E-state index in [0.29, 0.717) is 12.5 Å². The van der Waals surface area contributed by atoms with Crippen LogP contribution in [0.25, 0.3) is 0 Å². The van der Waals surface area contributed by atoms with Gasteiger partial charge in [-0.15, -0.1) is 0 Å². The molecule has 0 aliphatic rings. The Hall–Kier alpha value is -1.24. The summed E-state index contributed by atoms with van der Waals surface area (Å²) in [5, 5.41) is 2.21. The Balaban J connectivity index is 3.09. The minimum absolute atomic E-state index is 0.0699. The summed E-state index contributed by atoms with van der Waals surface area (Å²) in [6, 6.07) is 1.20. The third-order valence-corrected chi connectivity index (χ3v) is 2.47. The SMILES string of the molecule is CCCNC(c1cccc(C(F)(F)F)c1)C(F)(F)F. The van der Waals surface area contributed by atoms with Crippen molar-refractivity contribution in [2.45, 2.75) is 31.7 Å². The van der Waals surface area contributed by atoms with Crippen molar-refractivity contribution in [3.05, 3.63) is 35.4 Å². The third kappa shape index (κ3) is 4.41. The maximum absolute atomic E-state index is 12.8. The molecular formula is C12H13F6N. The summed E-state index contributed by atoms with van der Waals surface area (Å²) in [6.45, 7) is 1.74.